The molecule has 1 unspecified atom stereocenters. The van der Waals surface area contributed by atoms with Gasteiger partial charge in [-0.1, -0.05) is 32.9 Å². The Morgan fingerprint density at radius 3 is 2.44 bits per heavy atom. The van der Waals surface area contributed by atoms with Crippen molar-refractivity contribution in [2.24, 2.45) is 11.8 Å². The van der Waals surface area contributed by atoms with E-state index in [1.54, 1.807) is 4.90 Å². The average molecular weight is 249 g/mol. The molecule has 0 aromatic carbocycles. The van der Waals surface area contributed by atoms with Crippen LogP contribution in [0.15, 0.2) is 12.2 Å². The average Bonchev–Trinajstić information content (AvgIpc) is 2.91. The highest BCUT2D eigenvalue weighted by Gasteiger charge is 2.44. The largest absolute Gasteiger partial charge is 0.350 e. The standard InChI is InChI=1S/C14H23N3O/c1-5-14(6-2)7-12(18)17(13(15)16-14)8-11-9(3)10(11)4/h10-11H,3,5-8H2,1-2,4H3,(H2,15,16)/t10?,11-/m0/s1. The molecular formula is C14H23N3O. The number of carbonyl (C=O) groups excluding carboxylic acids is 1. The van der Waals surface area contributed by atoms with Crippen LogP contribution in [0.25, 0.3) is 0 Å². The van der Waals surface area contributed by atoms with Crippen molar-refractivity contribution >= 4 is 11.9 Å². The van der Waals surface area contributed by atoms with Crippen molar-refractivity contribution in [2.45, 2.75) is 45.6 Å². The van der Waals surface area contributed by atoms with Gasteiger partial charge in [-0.15, -0.1) is 0 Å². The zero-order valence-electron chi connectivity index (χ0n) is 11.5. The van der Waals surface area contributed by atoms with Crippen LogP contribution in [0.2, 0.25) is 0 Å². The number of rotatable bonds is 4. The third-order valence-electron chi connectivity index (χ3n) is 4.73. The van der Waals surface area contributed by atoms with Gasteiger partial charge in [0.15, 0.2) is 5.96 Å². The van der Waals surface area contributed by atoms with E-state index in [0.717, 1.165) is 12.8 Å². The van der Waals surface area contributed by atoms with Crippen molar-refractivity contribution < 1.29 is 4.79 Å². The second-order valence-corrected chi connectivity index (χ2v) is 5.61. The number of nitrogens with zero attached hydrogens (tertiary/aromatic N) is 1. The monoisotopic (exact) mass is 249 g/mol. The predicted octanol–water partition coefficient (Wildman–Crippen LogP) is 2.12. The Labute approximate surface area is 109 Å². The molecule has 1 heterocycles. The van der Waals surface area contributed by atoms with Crippen LogP contribution in [0.3, 0.4) is 0 Å². The van der Waals surface area contributed by atoms with Gasteiger partial charge in [-0.25, -0.2) is 0 Å². The van der Waals surface area contributed by atoms with Crippen LogP contribution in [-0.4, -0.2) is 28.9 Å². The van der Waals surface area contributed by atoms with Crippen molar-refractivity contribution in [3.05, 3.63) is 12.2 Å². The van der Waals surface area contributed by atoms with Gasteiger partial charge in [0.25, 0.3) is 0 Å². The number of guanidine groups is 1. The molecule has 2 fully saturated rings. The molecule has 2 aliphatic rings. The summed E-state index contributed by atoms with van der Waals surface area (Å²) < 4.78 is 0. The van der Waals surface area contributed by atoms with E-state index in [2.05, 4.69) is 32.7 Å². The van der Waals surface area contributed by atoms with Crippen LogP contribution in [0.1, 0.15) is 40.0 Å². The van der Waals surface area contributed by atoms with Gasteiger partial charge in [0.05, 0.1) is 6.42 Å². The van der Waals surface area contributed by atoms with E-state index in [0.29, 0.717) is 24.8 Å². The lowest BCUT2D eigenvalue weighted by atomic mass is 9.87. The van der Waals surface area contributed by atoms with Crippen LogP contribution in [0, 0.1) is 17.2 Å². The second-order valence-electron chi connectivity index (χ2n) is 5.61. The quantitative estimate of drug-likeness (QED) is 0.750. The molecule has 2 N–H and O–H groups in total. The van der Waals surface area contributed by atoms with Gasteiger partial charge in [-0.05, 0) is 18.8 Å². The third kappa shape index (κ3) is 2.04. The van der Waals surface area contributed by atoms with Gasteiger partial charge in [0, 0.05) is 18.0 Å². The van der Waals surface area contributed by atoms with Gasteiger partial charge >= 0.3 is 0 Å². The maximum absolute atomic E-state index is 12.2. The molecule has 1 saturated heterocycles. The Kier molecular flexibility index (Phi) is 3.21. The molecule has 1 aliphatic carbocycles. The maximum Gasteiger partial charge on any atom is 0.231 e. The zero-order valence-corrected chi connectivity index (χ0v) is 11.5. The van der Waals surface area contributed by atoms with E-state index in [9.17, 15) is 4.79 Å². The first-order chi connectivity index (χ1) is 8.44. The van der Waals surface area contributed by atoms with Gasteiger partial charge in [-0.2, -0.15) is 0 Å². The molecule has 2 rings (SSSR count). The van der Waals surface area contributed by atoms with Gasteiger partial charge in [0.1, 0.15) is 0 Å². The molecule has 18 heavy (non-hydrogen) atoms. The Morgan fingerprint density at radius 1 is 1.50 bits per heavy atom. The van der Waals surface area contributed by atoms with Gasteiger partial charge in [-0.3, -0.25) is 15.1 Å². The number of hydrogen-bond donors (Lipinski definition) is 2. The molecule has 1 aliphatic heterocycles. The first-order valence-corrected chi connectivity index (χ1v) is 6.80. The van der Waals surface area contributed by atoms with Crippen molar-refractivity contribution in [2.75, 3.05) is 6.54 Å². The van der Waals surface area contributed by atoms with Crippen LogP contribution >= 0.6 is 0 Å². The molecular weight excluding hydrogens is 226 g/mol. The Morgan fingerprint density at radius 2 is 2.06 bits per heavy atom. The van der Waals surface area contributed by atoms with E-state index in [4.69, 9.17) is 5.41 Å². The Hall–Kier alpha value is -1.32. The van der Waals surface area contributed by atoms with Crippen LogP contribution in [-0.2, 0) is 4.79 Å². The number of hydrogen-bond acceptors (Lipinski definition) is 2. The van der Waals surface area contributed by atoms with E-state index in [1.807, 2.05) is 0 Å². The molecule has 0 spiro atoms. The number of carbonyl (C=O) groups is 1. The van der Waals surface area contributed by atoms with Crippen LogP contribution in [0.4, 0.5) is 0 Å². The Balaban J connectivity index is 2.05. The first-order valence-electron chi connectivity index (χ1n) is 6.80. The van der Waals surface area contributed by atoms with E-state index >= 15 is 0 Å². The lowest BCUT2D eigenvalue weighted by Crippen LogP contribution is -2.62. The fraction of sp³-hybridized carbons (Fsp3) is 0.714. The van der Waals surface area contributed by atoms with E-state index < -0.39 is 0 Å². The van der Waals surface area contributed by atoms with Gasteiger partial charge < -0.3 is 5.32 Å². The fourth-order valence-corrected chi connectivity index (χ4v) is 2.76. The SMILES string of the molecule is C=C1C(C)[C@H]1CN1C(=N)NC(CC)(CC)CC1=O. The molecule has 4 heteroatoms. The molecule has 1 amide bonds. The molecule has 100 valence electrons. The summed E-state index contributed by atoms with van der Waals surface area (Å²) in [6.07, 6.45) is 2.24. The highest BCUT2D eigenvalue weighted by Crippen LogP contribution is 2.44. The summed E-state index contributed by atoms with van der Waals surface area (Å²) in [4.78, 5) is 13.8. The molecule has 4 nitrogen and oxygen atoms in total. The van der Waals surface area contributed by atoms with Crippen molar-refractivity contribution in [3.63, 3.8) is 0 Å². The molecule has 2 atom stereocenters. The summed E-state index contributed by atoms with van der Waals surface area (Å²) in [5.74, 6) is 1.22. The Bertz CT molecular complexity index is 378. The zero-order chi connectivity index (χ0) is 13.5. The molecule has 0 aromatic heterocycles. The van der Waals surface area contributed by atoms with E-state index in [-0.39, 0.29) is 17.4 Å². The molecule has 0 aromatic rings. The topological polar surface area (TPSA) is 56.2 Å². The smallest absolute Gasteiger partial charge is 0.231 e. The maximum atomic E-state index is 12.2. The predicted molar refractivity (Wildman–Crippen MR) is 72.3 cm³/mol. The summed E-state index contributed by atoms with van der Waals surface area (Å²) in [6, 6.07) is 0. The first kappa shape index (κ1) is 13.1. The minimum atomic E-state index is -0.211. The van der Waals surface area contributed by atoms with Crippen molar-refractivity contribution in [3.8, 4) is 0 Å². The number of nitrogens with one attached hydrogen (secondary N) is 2. The highest BCUT2D eigenvalue weighted by molar-refractivity contribution is 5.99. The van der Waals surface area contributed by atoms with Crippen LogP contribution in [0.5, 0.6) is 0 Å². The van der Waals surface area contributed by atoms with Gasteiger partial charge in [0.2, 0.25) is 5.91 Å². The van der Waals surface area contributed by atoms with Crippen LogP contribution < -0.4 is 5.32 Å². The summed E-state index contributed by atoms with van der Waals surface area (Å²) in [6.45, 7) is 10.9. The van der Waals surface area contributed by atoms with Crippen molar-refractivity contribution in [1.29, 1.82) is 5.41 Å². The summed E-state index contributed by atoms with van der Waals surface area (Å²) in [7, 11) is 0. The molecule has 0 radical (unpaired) electrons. The third-order valence-corrected chi connectivity index (χ3v) is 4.73. The van der Waals surface area contributed by atoms with E-state index in [1.165, 1.54) is 5.57 Å². The fourth-order valence-electron chi connectivity index (χ4n) is 2.76. The van der Waals surface area contributed by atoms with Crippen molar-refractivity contribution in [1.82, 2.24) is 10.2 Å². The number of amides is 1. The normalized spacial score (nSPS) is 30.4. The highest BCUT2D eigenvalue weighted by atomic mass is 16.2. The molecule has 1 saturated carbocycles. The minimum absolute atomic E-state index is 0.0781. The summed E-state index contributed by atoms with van der Waals surface area (Å²) >= 11 is 0. The summed E-state index contributed by atoms with van der Waals surface area (Å²) in [5, 5.41) is 11.3. The lowest BCUT2D eigenvalue weighted by molar-refractivity contribution is -0.131. The second kappa shape index (κ2) is 4.41. The molecule has 0 bridgehead atoms. The lowest BCUT2D eigenvalue weighted by Gasteiger charge is -2.42. The summed E-state index contributed by atoms with van der Waals surface area (Å²) in [5.41, 5.74) is 0.995. The minimum Gasteiger partial charge on any atom is -0.350 e.